The Kier molecular flexibility index (Phi) is 5.61. The van der Waals surface area contributed by atoms with Crippen LogP contribution in [0.4, 0.5) is 5.69 Å². The molecule has 32 heavy (non-hydrogen) atoms. The summed E-state index contributed by atoms with van der Waals surface area (Å²) in [7, 11) is 3.12. The quantitative estimate of drug-likeness (QED) is 0.451. The molecule has 166 valence electrons. The van der Waals surface area contributed by atoms with Crippen molar-refractivity contribution in [1.29, 1.82) is 0 Å². The average Bonchev–Trinajstić information content (AvgIpc) is 3.35. The molecule has 0 fully saturated rings. The number of nitrogens with one attached hydrogen (secondary N) is 1. The van der Waals surface area contributed by atoms with Crippen molar-refractivity contribution in [2.24, 2.45) is 0 Å². The smallest absolute Gasteiger partial charge is 0.256 e. The second-order valence-corrected chi connectivity index (χ2v) is 7.82. The minimum Gasteiger partial charge on any atom is -0.497 e. The van der Waals surface area contributed by atoms with Crippen molar-refractivity contribution in [3.63, 3.8) is 0 Å². The van der Waals surface area contributed by atoms with E-state index in [0.717, 1.165) is 17.1 Å². The molecule has 4 aromatic rings. The monoisotopic (exact) mass is 434 g/mol. The predicted molar refractivity (Wildman–Crippen MR) is 123 cm³/mol. The van der Waals surface area contributed by atoms with Gasteiger partial charge in [0, 0.05) is 17.7 Å². The van der Waals surface area contributed by atoms with Crippen LogP contribution < -0.4 is 14.8 Å². The number of furan rings is 1. The lowest BCUT2D eigenvalue weighted by Crippen LogP contribution is -2.14. The fourth-order valence-corrected chi connectivity index (χ4v) is 3.70. The van der Waals surface area contributed by atoms with Gasteiger partial charge in [-0.05, 0) is 52.0 Å². The van der Waals surface area contributed by atoms with E-state index < -0.39 is 0 Å². The first-order chi connectivity index (χ1) is 15.3. The number of aromatic nitrogens is 3. The van der Waals surface area contributed by atoms with Crippen LogP contribution in [0.1, 0.15) is 41.8 Å². The van der Waals surface area contributed by atoms with Crippen molar-refractivity contribution in [2.75, 3.05) is 19.5 Å². The van der Waals surface area contributed by atoms with Gasteiger partial charge in [-0.25, -0.2) is 9.67 Å². The van der Waals surface area contributed by atoms with Gasteiger partial charge in [-0.2, -0.15) is 5.10 Å². The minimum atomic E-state index is -0.289. The van der Waals surface area contributed by atoms with Gasteiger partial charge in [-0.3, -0.25) is 4.79 Å². The maximum Gasteiger partial charge on any atom is 0.256 e. The standard InChI is InChI=1S/C24H26N4O4/c1-13(2)28-23-19(12-25-28)18(11-21(26-23)17-9-14(3)32-15(17)4)24(29)27-20-8-7-16(30-5)10-22(20)31-6/h7-13H,1-6H3,(H,27,29). The molecule has 0 radical (unpaired) electrons. The molecule has 3 heterocycles. The second kappa shape index (κ2) is 8.37. The van der Waals surface area contributed by atoms with Gasteiger partial charge in [0.05, 0.1) is 42.7 Å². The number of pyridine rings is 1. The highest BCUT2D eigenvalue weighted by atomic mass is 16.5. The summed E-state index contributed by atoms with van der Waals surface area (Å²) in [5, 5.41) is 8.10. The number of amides is 1. The number of aryl methyl sites for hydroxylation is 2. The Hall–Kier alpha value is -3.81. The van der Waals surface area contributed by atoms with Crippen molar-refractivity contribution in [1.82, 2.24) is 14.8 Å². The van der Waals surface area contributed by atoms with E-state index in [-0.39, 0.29) is 11.9 Å². The summed E-state index contributed by atoms with van der Waals surface area (Å²) < 4.78 is 18.2. The summed E-state index contributed by atoms with van der Waals surface area (Å²) in [6.45, 7) is 7.82. The van der Waals surface area contributed by atoms with Crippen molar-refractivity contribution < 1.29 is 18.7 Å². The molecule has 0 saturated heterocycles. The number of hydrogen-bond donors (Lipinski definition) is 1. The molecule has 1 aromatic carbocycles. The van der Waals surface area contributed by atoms with Crippen LogP contribution in [0.5, 0.6) is 11.5 Å². The summed E-state index contributed by atoms with van der Waals surface area (Å²) in [5.41, 5.74) is 3.14. The molecule has 1 amide bonds. The van der Waals surface area contributed by atoms with Crippen LogP contribution in [0.15, 0.2) is 40.9 Å². The molecule has 0 aliphatic rings. The molecule has 0 saturated carbocycles. The van der Waals surface area contributed by atoms with E-state index in [2.05, 4.69) is 10.4 Å². The third kappa shape index (κ3) is 3.79. The largest absolute Gasteiger partial charge is 0.497 e. The summed E-state index contributed by atoms with van der Waals surface area (Å²) in [6, 6.07) is 9.01. The number of benzene rings is 1. The molecule has 8 nitrogen and oxygen atoms in total. The molecule has 1 N–H and O–H groups in total. The summed E-state index contributed by atoms with van der Waals surface area (Å²) >= 11 is 0. The number of fused-ring (bicyclic) bond motifs is 1. The zero-order valence-electron chi connectivity index (χ0n) is 19.0. The van der Waals surface area contributed by atoms with Crippen molar-refractivity contribution in [2.45, 2.75) is 33.7 Å². The topological polar surface area (TPSA) is 91.4 Å². The van der Waals surface area contributed by atoms with Gasteiger partial charge in [-0.1, -0.05) is 0 Å². The van der Waals surface area contributed by atoms with E-state index in [1.165, 1.54) is 0 Å². The minimum absolute atomic E-state index is 0.0834. The molecule has 0 aliphatic carbocycles. The van der Waals surface area contributed by atoms with Gasteiger partial charge in [0.1, 0.15) is 23.0 Å². The summed E-state index contributed by atoms with van der Waals surface area (Å²) in [4.78, 5) is 18.2. The highest BCUT2D eigenvalue weighted by molar-refractivity contribution is 6.13. The van der Waals surface area contributed by atoms with Crippen molar-refractivity contribution in [3.05, 3.63) is 53.6 Å². The average molecular weight is 434 g/mol. The number of carbonyl (C=O) groups excluding carboxylic acids is 1. The molecular weight excluding hydrogens is 408 g/mol. The second-order valence-electron chi connectivity index (χ2n) is 7.82. The number of ether oxygens (including phenoxy) is 2. The molecule has 0 bridgehead atoms. The number of hydrogen-bond acceptors (Lipinski definition) is 6. The molecule has 3 aromatic heterocycles. The van der Waals surface area contributed by atoms with E-state index in [4.69, 9.17) is 18.9 Å². The van der Waals surface area contributed by atoms with E-state index in [1.54, 1.807) is 44.7 Å². The molecule has 4 rings (SSSR count). The van der Waals surface area contributed by atoms with Crippen LogP contribution in [0.25, 0.3) is 22.3 Å². The zero-order valence-corrected chi connectivity index (χ0v) is 19.0. The van der Waals surface area contributed by atoms with Gasteiger partial charge in [0.15, 0.2) is 5.65 Å². The molecule has 0 atom stereocenters. The Bertz CT molecular complexity index is 1300. The zero-order chi connectivity index (χ0) is 23.0. The number of carbonyl (C=O) groups is 1. The summed E-state index contributed by atoms with van der Waals surface area (Å²) in [5.74, 6) is 2.38. The third-order valence-electron chi connectivity index (χ3n) is 5.27. The maximum absolute atomic E-state index is 13.4. The van der Waals surface area contributed by atoms with Crippen LogP contribution in [0, 0.1) is 13.8 Å². The van der Waals surface area contributed by atoms with E-state index in [9.17, 15) is 4.79 Å². The van der Waals surface area contributed by atoms with Crippen LogP contribution in [0.2, 0.25) is 0 Å². The van der Waals surface area contributed by atoms with E-state index in [0.29, 0.717) is 39.5 Å². The van der Waals surface area contributed by atoms with E-state index >= 15 is 0 Å². The number of methoxy groups -OCH3 is 2. The van der Waals surface area contributed by atoms with Crippen molar-refractivity contribution in [3.8, 4) is 22.8 Å². The molecule has 0 unspecified atom stereocenters. The first-order valence-corrected chi connectivity index (χ1v) is 10.3. The Balaban J connectivity index is 1.84. The van der Waals surface area contributed by atoms with Gasteiger partial charge < -0.3 is 19.2 Å². The lowest BCUT2D eigenvalue weighted by molar-refractivity contribution is 0.102. The number of rotatable bonds is 6. The Morgan fingerprint density at radius 1 is 1.12 bits per heavy atom. The highest BCUT2D eigenvalue weighted by Gasteiger charge is 2.21. The SMILES string of the molecule is COc1ccc(NC(=O)c2cc(-c3cc(C)oc3C)nc3c2cnn3C(C)C)c(OC)c1. The van der Waals surface area contributed by atoms with Crippen molar-refractivity contribution >= 4 is 22.6 Å². The predicted octanol–water partition coefficient (Wildman–Crippen LogP) is 5.16. The van der Waals surface area contributed by atoms with Crippen LogP contribution in [0.3, 0.4) is 0 Å². The number of anilines is 1. The van der Waals surface area contributed by atoms with Gasteiger partial charge in [0.2, 0.25) is 0 Å². The molecule has 8 heteroatoms. The van der Waals surface area contributed by atoms with Gasteiger partial charge >= 0.3 is 0 Å². The Labute approximate surface area is 186 Å². The highest BCUT2D eigenvalue weighted by Crippen LogP contribution is 2.32. The fourth-order valence-electron chi connectivity index (χ4n) is 3.70. The van der Waals surface area contributed by atoms with Crippen LogP contribution in [-0.4, -0.2) is 34.9 Å². The third-order valence-corrected chi connectivity index (χ3v) is 5.27. The lowest BCUT2D eigenvalue weighted by Gasteiger charge is -2.13. The lowest BCUT2D eigenvalue weighted by atomic mass is 10.1. The van der Waals surface area contributed by atoms with Crippen LogP contribution in [-0.2, 0) is 0 Å². The van der Waals surface area contributed by atoms with Gasteiger partial charge in [-0.15, -0.1) is 0 Å². The molecular formula is C24H26N4O4. The molecule has 0 aliphatic heterocycles. The Morgan fingerprint density at radius 3 is 2.53 bits per heavy atom. The molecule has 0 spiro atoms. The summed E-state index contributed by atoms with van der Waals surface area (Å²) in [6.07, 6.45) is 1.68. The van der Waals surface area contributed by atoms with E-state index in [1.807, 2.05) is 38.4 Å². The van der Waals surface area contributed by atoms with Gasteiger partial charge in [0.25, 0.3) is 5.91 Å². The Morgan fingerprint density at radius 2 is 1.91 bits per heavy atom. The normalized spacial score (nSPS) is 11.2. The number of nitrogens with zero attached hydrogens (tertiary/aromatic N) is 3. The first-order valence-electron chi connectivity index (χ1n) is 10.3. The maximum atomic E-state index is 13.4. The fraction of sp³-hybridized carbons (Fsp3) is 0.292. The van der Waals surface area contributed by atoms with Crippen LogP contribution >= 0.6 is 0 Å². The first kappa shape index (κ1) is 21.4.